The van der Waals surface area contributed by atoms with Gasteiger partial charge in [0.1, 0.15) is 0 Å². The summed E-state index contributed by atoms with van der Waals surface area (Å²) in [5.41, 5.74) is 2.16. The van der Waals surface area contributed by atoms with Gasteiger partial charge in [0.25, 0.3) is 0 Å². The van der Waals surface area contributed by atoms with Crippen LogP contribution in [0.4, 0.5) is 0 Å². The predicted molar refractivity (Wildman–Crippen MR) is 61.0 cm³/mol. The van der Waals surface area contributed by atoms with Gasteiger partial charge in [0.05, 0.1) is 0 Å². The van der Waals surface area contributed by atoms with Crippen molar-refractivity contribution >= 4 is 17.5 Å². The fourth-order valence-corrected chi connectivity index (χ4v) is 2.06. The van der Waals surface area contributed by atoms with Crippen LogP contribution in [0.25, 0.3) is 0 Å². The summed E-state index contributed by atoms with van der Waals surface area (Å²) in [6, 6.07) is 8.00. The Kier molecular flexibility index (Phi) is 2.92. The van der Waals surface area contributed by atoms with E-state index in [1.807, 2.05) is 23.9 Å². The minimum atomic E-state index is 0.147. The zero-order valence-electron chi connectivity index (χ0n) is 8.32. The molecule has 0 spiro atoms. The molecule has 1 fully saturated rings. The lowest BCUT2D eigenvalue weighted by molar-refractivity contribution is 0.101. The van der Waals surface area contributed by atoms with Gasteiger partial charge in [0, 0.05) is 16.6 Å². The molecule has 14 heavy (non-hydrogen) atoms. The van der Waals surface area contributed by atoms with Crippen molar-refractivity contribution in [2.75, 3.05) is 5.75 Å². The normalized spacial score (nSPS) is 19.4. The Morgan fingerprint density at radius 3 is 2.57 bits per heavy atom. The monoisotopic (exact) mass is 206 g/mol. The lowest BCUT2D eigenvalue weighted by Crippen LogP contribution is -1.94. The molecule has 0 saturated carbocycles. The van der Waals surface area contributed by atoms with Crippen molar-refractivity contribution in [3.63, 3.8) is 0 Å². The summed E-state index contributed by atoms with van der Waals surface area (Å²) in [6.07, 6.45) is 2.43. The Morgan fingerprint density at radius 2 is 2.07 bits per heavy atom. The van der Waals surface area contributed by atoms with E-state index in [9.17, 15) is 4.79 Å². The molecular formula is C12H14OS. The van der Waals surface area contributed by atoms with E-state index in [0.29, 0.717) is 0 Å². The third-order valence-electron chi connectivity index (χ3n) is 2.52. The van der Waals surface area contributed by atoms with E-state index in [1.54, 1.807) is 6.92 Å². The molecular weight excluding hydrogens is 192 g/mol. The molecule has 1 heterocycles. The first-order valence-corrected chi connectivity index (χ1v) is 6.02. The van der Waals surface area contributed by atoms with Crippen LogP contribution in [0.3, 0.4) is 0 Å². The standard InChI is InChI=1S/C12H14OS/c1-9(13)11-5-2-10(3-6-11)4-7-12-8-14-12/h2-3,5-6,12H,4,7-8H2,1H3. The van der Waals surface area contributed by atoms with Gasteiger partial charge < -0.3 is 0 Å². The first kappa shape index (κ1) is 9.78. The lowest BCUT2D eigenvalue weighted by Gasteiger charge is -2.00. The van der Waals surface area contributed by atoms with Crippen LogP contribution in [0, 0.1) is 0 Å². The van der Waals surface area contributed by atoms with E-state index in [0.717, 1.165) is 17.2 Å². The number of aryl methyl sites for hydroxylation is 1. The van der Waals surface area contributed by atoms with E-state index in [-0.39, 0.29) is 5.78 Å². The second kappa shape index (κ2) is 4.18. The molecule has 1 saturated heterocycles. The Balaban J connectivity index is 1.94. The molecule has 74 valence electrons. The van der Waals surface area contributed by atoms with Gasteiger partial charge in [0.15, 0.2) is 5.78 Å². The van der Waals surface area contributed by atoms with Crippen LogP contribution in [0.1, 0.15) is 29.3 Å². The van der Waals surface area contributed by atoms with Gasteiger partial charge in [-0.05, 0) is 25.3 Å². The number of carbonyl (C=O) groups excluding carboxylic acids is 1. The highest BCUT2D eigenvalue weighted by atomic mass is 32.2. The van der Waals surface area contributed by atoms with Crippen molar-refractivity contribution in [2.24, 2.45) is 0 Å². The van der Waals surface area contributed by atoms with Crippen molar-refractivity contribution in [3.8, 4) is 0 Å². The number of thioether (sulfide) groups is 1. The minimum absolute atomic E-state index is 0.147. The quantitative estimate of drug-likeness (QED) is 0.556. The SMILES string of the molecule is CC(=O)c1ccc(CCC2CS2)cc1. The second-order valence-corrected chi connectivity index (χ2v) is 5.08. The minimum Gasteiger partial charge on any atom is -0.295 e. The molecule has 0 radical (unpaired) electrons. The molecule has 0 aliphatic carbocycles. The number of benzene rings is 1. The van der Waals surface area contributed by atoms with Crippen molar-refractivity contribution in [1.82, 2.24) is 0 Å². The fraction of sp³-hybridized carbons (Fsp3) is 0.417. The molecule has 2 rings (SSSR count). The number of ketones is 1. The number of hydrogen-bond donors (Lipinski definition) is 0. The average molecular weight is 206 g/mol. The summed E-state index contributed by atoms with van der Waals surface area (Å²) >= 11 is 2.04. The van der Waals surface area contributed by atoms with E-state index in [1.165, 1.54) is 17.7 Å². The van der Waals surface area contributed by atoms with Gasteiger partial charge in [-0.3, -0.25) is 4.79 Å². The summed E-state index contributed by atoms with van der Waals surface area (Å²) in [7, 11) is 0. The van der Waals surface area contributed by atoms with Crippen LogP contribution >= 0.6 is 11.8 Å². The fourth-order valence-electron chi connectivity index (χ4n) is 1.47. The van der Waals surface area contributed by atoms with Crippen LogP contribution in [0.15, 0.2) is 24.3 Å². The van der Waals surface area contributed by atoms with E-state index in [2.05, 4.69) is 12.1 Å². The van der Waals surface area contributed by atoms with Crippen LogP contribution < -0.4 is 0 Å². The third kappa shape index (κ3) is 2.61. The third-order valence-corrected chi connectivity index (χ3v) is 3.56. The van der Waals surface area contributed by atoms with Gasteiger partial charge in [-0.2, -0.15) is 11.8 Å². The molecule has 1 nitrogen and oxygen atoms in total. The van der Waals surface area contributed by atoms with Crippen LogP contribution in [-0.4, -0.2) is 16.8 Å². The van der Waals surface area contributed by atoms with Crippen molar-refractivity contribution < 1.29 is 4.79 Å². The molecule has 1 aliphatic rings. The Labute approximate surface area is 88.9 Å². The summed E-state index contributed by atoms with van der Waals surface area (Å²) in [6.45, 7) is 1.61. The van der Waals surface area contributed by atoms with Crippen molar-refractivity contribution in [2.45, 2.75) is 25.0 Å². The van der Waals surface area contributed by atoms with Gasteiger partial charge in [-0.15, -0.1) is 0 Å². The highest BCUT2D eigenvalue weighted by Crippen LogP contribution is 2.33. The van der Waals surface area contributed by atoms with E-state index >= 15 is 0 Å². The number of Topliss-reactive ketones (excluding diaryl/α,β-unsaturated/α-hetero) is 1. The largest absolute Gasteiger partial charge is 0.295 e. The summed E-state index contributed by atoms with van der Waals surface area (Å²) in [5, 5.41) is 0.905. The number of hydrogen-bond acceptors (Lipinski definition) is 2. The zero-order valence-corrected chi connectivity index (χ0v) is 9.14. The second-order valence-electron chi connectivity index (χ2n) is 3.75. The molecule has 1 aliphatic heterocycles. The maximum Gasteiger partial charge on any atom is 0.159 e. The van der Waals surface area contributed by atoms with Gasteiger partial charge in [0.2, 0.25) is 0 Å². The Morgan fingerprint density at radius 1 is 1.43 bits per heavy atom. The maximum absolute atomic E-state index is 11.0. The average Bonchev–Trinajstić information content (AvgIpc) is 2.99. The Hall–Kier alpha value is -0.760. The van der Waals surface area contributed by atoms with Crippen LogP contribution in [0.5, 0.6) is 0 Å². The van der Waals surface area contributed by atoms with Gasteiger partial charge in [-0.1, -0.05) is 24.3 Å². The molecule has 0 aromatic heterocycles. The van der Waals surface area contributed by atoms with Crippen LogP contribution in [-0.2, 0) is 6.42 Å². The van der Waals surface area contributed by atoms with E-state index < -0.39 is 0 Å². The summed E-state index contributed by atoms with van der Waals surface area (Å²) in [5.74, 6) is 1.49. The molecule has 1 aromatic carbocycles. The van der Waals surface area contributed by atoms with Crippen molar-refractivity contribution in [1.29, 1.82) is 0 Å². The first-order chi connectivity index (χ1) is 6.75. The van der Waals surface area contributed by atoms with Gasteiger partial charge in [-0.25, -0.2) is 0 Å². The maximum atomic E-state index is 11.0. The predicted octanol–water partition coefficient (Wildman–Crippen LogP) is 2.94. The lowest BCUT2D eigenvalue weighted by atomic mass is 10.1. The van der Waals surface area contributed by atoms with Crippen LogP contribution in [0.2, 0.25) is 0 Å². The molecule has 1 aromatic rings. The number of carbonyl (C=O) groups is 1. The van der Waals surface area contributed by atoms with Gasteiger partial charge >= 0.3 is 0 Å². The molecule has 1 atom stereocenters. The molecule has 0 N–H and O–H groups in total. The molecule has 1 unspecified atom stereocenters. The topological polar surface area (TPSA) is 17.1 Å². The first-order valence-electron chi connectivity index (χ1n) is 4.97. The molecule has 0 amide bonds. The highest BCUT2D eigenvalue weighted by molar-refractivity contribution is 8.06. The molecule has 2 heteroatoms. The Bertz CT molecular complexity index is 325. The number of rotatable bonds is 4. The van der Waals surface area contributed by atoms with E-state index in [4.69, 9.17) is 0 Å². The zero-order chi connectivity index (χ0) is 9.97. The summed E-state index contributed by atoms with van der Waals surface area (Å²) in [4.78, 5) is 11.0. The van der Waals surface area contributed by atoms with Crippen molar-refractivity contribution in [3.05, 3.63) is 35.4 Å². The smallest absolute Gasteiger partial charge is 0.159 e. The highest BCUT2D eigenvalue weighted by Gasteiger charge is 2.21. The molecule has 0 bridgehead atoms. The summed E-state index contributed by atoms with van der Waals surface area (Å²) < 4.78 is 0.